The average Bonchev–Trinajstić information content (AvgIpc) is 2.68. The molecule has 0 saturated heterocycles. The van der Waals surface area contributed by atoms with Crippen molar-refractivity contribution in [2.24, 2.45) is 0 Å². The Morgan fingerprint density at radius 3 is 2.46 bits per heavy atom. The van der Waals surface area contributed by atoms with E-state index in [9.17, 15) is 4.79 Å². The fourth-order valence-electron chi connectivity index (χ4n) is 2.35. The van der Waals surface area contributed by atoms with Gasteiger partial charge in [-0.25, -0.2) is 9.97 Å². The van der Waals surface area contributed by atoms with Crippen LogP contribution < -0.4 is 15.4 Å². The highest BCUT2D eigenvalue weighted by molar-refractivity contribution is 5.92. The maximum Gasteiger partial charge on any atom is 0.270 e. The van der Waals surface area contributed by atoms with Gasteiger partial charge in [-0.1, -0.05) is 29.8 Å². The molecule has 2 N–H and O–H groups in total. The summed E-state index contributed by atoms with van der Waals surface area (Å²) < 4.78 is 5.13. The van der Waals surface area contributed by atoms with E-state index in [0.29, 0.717) is 18.1 Å². The Hall–Kier alpha value is -3.41. The molecule has 0 fully saturated rings. The van der Waals surface area contributed by atoms with E-state index < -0.39 is 0 Å². The van der Waals surface area contributed by atoms with Crippen molar-refractivity contribution >= 4 is 17.4 Å². The number of rotatable bonds is 6. The van der Waals surface area contributed by atoms with E-state index >= 15 is 0 Å². The summed E-state index contributed by atoms with van der Waals surface area (Å²) in [6.45, 7) is 2.48. The minimum atomic E-state index is -0.245. The van der Waals surface area contributed by atoms with Gasteiger partial charge in [0.1, 0.15) is 23.6 Å². The lowest BCUT2D eigenvalue weighted by molar-refractivity contribution is 0.0946. The minimum Gasteiger partial charge on any atom is -0.497 e. The summed E-state index contributed by atoms with van der Waals surface area (Å²) in [6.07, 6.45) is 1.37. The Labute approximate surface area is 152 Å². The normalized spacial score (nSPS) is 10.2. The second-order valence-electron chi connectivity index (χ2n) is 5.81. The number of amides is 1. The maximum absolute atomic E-state index is 12.3. The molecule has 0 unspecified atom stereocenters. The van der Waals surface area contributed by atoms with E-state index in [0.717, 1.165) is 17.0 Å². The van der Waals surface area contributed by atoms with Crippen LogP contribution in [0.4, 0.5) is 11.5 Å². The number of hydrogen-bond donors (Lipinski definition) is 2. The first kappa shape index (κ1) is 17.4. The quantitative estimate of drug-likeness (QED) is 0.713. The van der Waals surface area contributed by atoms with Crippen molar-refractivity contribution in [2.45, 2.75) is 13.5 Å². The molecule has 132 valence electrons. The molecule has 0 spiro atoms. The lowest BCUT2D eigenvalue weighted by atomic mass is 10.1. The fraction of sp³-hybridized carbons (Fsp3) is 0.150. The molecule has 1 aromatic heterocycles. The zero-order valence-electron chi connectivity index (χ0n) is 14.7. The number of nitrogens with zero attached hydrogens (tertiary/aromatic N) is 2. The molecule has 2 aromatic carbocycles. The van der Waals surface area contributed by atoms with Gasteiger partial charge in [-0.05, 0) is 36.8 Å². The molecule has 1 amide bonds. The molecule has 3 aromatic rings. The van der Waals surface area contributed by atoms with E-state index in [1.165, 1.54) is 11.9 Å². The number of hydrogen-bond acceptors (Lipinski definition) is 5. The lowest BCUT2D eigenvalue weighted by Gasteiger charge is -2.08. The largest absolute Gasteiger partial charge is 0.497 e. The Kier molecular flexibility index (Phi) is 5.43. The first-order valence-corrected chi connectivity index (χ1v) is 8.21. The number of benzene rings is 2. The molecule has 1 heterocycles. The van der Waals surface area contributed by atoms with Crippen LogP contribution in [0.5, 0.6) is 5.75 Å². The van der Waals surface area contributed by atoms with Gasteiger partial charge in [0.25, 0.3) is 5.91 Å². The number of nitrogens with one attached hydrogen (secondary N) is 2. The smallest absolute Gasteiger partial charge is 0.270 e. The Morgan fingerprint density at radius 2 is 1.77 bits per heavy atom. The van der Waals surface area contributed by atoms with Gasteiger partial charge in [-0.3, -0.25) is 4.79 Å². The maximum atomic E-state index is 12.3. The van der Waals surface area contributed by atoms with Gasteiger partial charge < -0.3 is 15.4 Å². The second-order valence-corrected chi connectivity index (χ2v) is 5.81. The summed E-state index contributed by atoms with van der Waals surface area (Å²) in [4.78, 5) is 20.5. The molecule has 0 bridgehead atoms. The summed E-state index contributed by atoms with van der Waals surface area (Å²) >= 11 is 0. The van der Waals surface area contributed by atoms with Gasteiger partial charge in [0.15, 0.2) is 0 Å². The van der Waals surface area contributed by atoms with E-state index in [-0.39, 0.29) is 5.91 Å². The van der Waals surface area contributed by atoms with E-state index in [1.807, 2.05) is 55.5 Å². The van der Waals surface area contributed by atoms with Crippen LogP contribution in [0.3, 0.4) is 0 Å². The fourth-order valence-corrected chi connectivity index (χ4v) is 2.35. The molecule has 3 rings (SSSR count). The molecular weight excluding hydrogens is 328 g/mol. The van der Waals surface area contributed by atoms with Crippen LogP contribution in [0.1, 0.15) is 21.6 Å². The van der Waals surface area contributed by atoms with Crippen LogP contribution in [0, 0.1) is 6.92 Å². The summed E-state index contributed by atoms with van der Waals surface area (Å²) in [5, 5.41) is 6.01. The summed E-state index contributed by atoms with van der Waals surface area (Å²) in [7, 11) is 1.62. The summed E-state index contributed by atoms with van der Waals surface area (Å²) in [6, 6.07) is 17.1. The number of ether oxygens (including phenoxy) is 1. The topological polar surface area (TPSA) is 76.1 Å². The number of anilines is 2. The Bertz CT molecular complexity index is 877. The van der Waals surface area contributed by atoms with Crippen molar-refractivity contribution in [3.05, 3.63) is 77.7 Å². The van der Waals surface area contributed by atoms with Crippen molar-refractivity contribution in [3.8, 4) is 5.75 Å². The van der Waals surface area contributed by atoms with Gasteiger partial charge in [0, 0.05) is 18.3 Å². The third kappa shape index (κ3) is 4.57. The van der Waals surface area contributed by atoms with E-state index in [1.54, 1.807) is 13.2 Å². The van der Waals surface area contributed by atoms with Gasteiger partial charge in [-0.15, -0.1) is 0 Å². The van der Waals surface area contributed by atoms with Crippen molar-refractivity contribution < 1.29 is 9.53 Å². The second kappa shape index (κ2) is 8.11. The standard InChI is InChI=1S/C20H20N4O2/c1-14-3-5-15(6-4-14)12-21-20(25)18-11-19(23-13-22-18)24-16-7-9-17(26-2)10-8-16/h3-11,13H,12H2,1-2H3,(H,21,25)(H,22,23,24). The highest BCUT2D eigenvalue weighted by Gasteiger charge is 2.09. The third-order valence-electron chi connectivity index (χ3n) is 3.84. The third-order valence-corrected chi connectivity index (χ3v) is 3.84. The van der Waals surface area contributed by atoms with Crippen molar-refractivity contribution in [3.63, 3.8) is 0 Å². The molecule has 0 aliphatic heterocycles. The first-order chi connectivity index (χ1) is 12.6. The Balaban J connectivity index is 1.63. The average molecular weight is 348 g/mol. The SMILES string of the molecule is COc1ccc(Nc2cc(C(=O)NCc3ccc(C)cc3)ncn2)cc1. The first-order valence-electron chi connectivity index (χ1n) is 8.21. The number of carbonyl (C=O) groups excluding carboxylic acids is 1. The molecule has 26 heavy (non-hydrogen) atoms. The lowest BCUT2D eigenvalue weighted by Crippen LogP contribution is -2.24. The molecule has 0 atom stereocenters. The van der Waals surface area contributed by atoms with Crippen molar-refractivity contribution in [2.75, 3.05) is 12.4 Å². The van der Waals surface area contributed by atoms with Crippen LogP contribution in [0.2, 0.25) is 0 Å². The highest BCUT2D eigenvalue weighted by atomic mass is 16.5. The zero-order valence-corrected chi connectivity index (χ0v) is 14.7. The molecule has 0 aliphatic carbocycles. The van der Waals surface area contributed by atoms with Crippen LogP contribution in [-0.4, -0.2) is 23.0 Å². The van der Waals surface area contributed by atoms with Gasteiger partial charge in [-0.2, -0.15) is 0 Å². The highest BCUT2D eigenvalue weighted by Crippen LogP contribution is 2.18. The monoisotopic (exact) mass is 348 g/mol. The summed E-state index contributed by atoms with van der Waals surface area (Å²) in [5.41, 5.74) is 3.37. The van der Waals surface area contributed by atoms with Crippen molar-refractivity contribution in [1.82, 2.24) is 15.3 Å². The number of carbonyl (C=O) groups is 1. The summed E-state index contributed by atoms with van der Waals surface area (Å²) in [5.74, 6) is 1.07. The molecular formula is C20H20N4O2. The van der Waals surface area contributed by atoms with Gasteiger partial charge in [0.05, 0.1) is 7.11 Å². The predicted octanol–water partition coefficient (Wildman–Crippen LogP) is 3.47. The minimum absolute atomic E-state index is 0.245. The molecule has 6 heteroatoms. The Morgan fingerprint density at radius 1 is 1.04 bits per heavy atom. The van der Waals surface area contributed by atoms with Crippen LogP contribution in [-0.2, 0) is 6.54 Å². The van der Waals surface area contributed by atoms with Crippen LogP contribution in [0.15, 0.2) is 60.9 Å². The van der Waals surface area contributed by atoms with Crippen molar-refractivity contribution in [1.29, 1.82) is 0 Å². The van der Waals surface area contributed by atoms with E-state index in [2.05, 4.69) is 20.6 Å². The van der Waals surface area contributed by atoms with Crippen LogP contribution >= 0.6 is 0 Å². The number of aryl methyl sites for hydroxylation is 1. The molecule has 0 aliphatic rings. The predicted molar refractivity (Wildman–Crippen MR) is 101 cm³/mol. The zero-order chi connectivity index (χ0) is 18.4. The molecule has 0 radical (unpaired) electrons. The molecule has 0 saturated carbocycles. The van der Waals surface area contributed by atoms with Crippen LogP contribution in [0.25, 0.3) is 0 Å². The van der Waals surface area contributed by atoms with Gasteiger partial charge in [0.2, 0.25) is 0 Å². The molecule has 6 nitrogen and oxygen atoms in total. The number of methoxy groups -OCH3 is 1. The van der Waals surface area contributed by atoms with E-state index in [4.69, 9.17) is 4.74 Å². The number of aromatic nitrogens is 2. The van der Waals surface area contributed by atoms with Gasteiger partial charge >= 0.3 is 0 Å².